The highest BCUT2D eigenvalue weighted by Gasteiger charge is 2.34. The number of amides is 2. The van der Waals surface area contributed by atoms with Crippen LogP contribution in [-0.4, -0.2) is 47.2 Å². The van der Waals surface area contributed by atoms with Gasteiger partial charge in [0.2, 0.25) is 0 Å². The van der Waals surface area contributed by atoms with E-state index in [1.54, 1.807) is 0 Å². The van der Waals surface area contributed by atoms with Crippen LogP contribution >= 0.6 is 15.9 Å². The van der Waals surface area contributed by atoms with Gasteiger partial charge in [0.15, 0.2) is 0 Å². The van der Waals surface area contributed by atoms with E-state index in [1.807, 2.05) is 36.9 Å². The van der Waals surface area contributed by atoms with Crippen molar-refractivity contribution in [3.8, 4) is 0 Å². The van der Waals surface area contributed by atoms with Gasteiger partial charge in [0.25, 0.3) is 0 Å². The van der Waals surface area contributed by atoms with E-state index >= 15 is 0 Å². The largest absolute Gasteiger partial charge is 0.480 e. The summed E-state index contributed by atoms with van der Waals surface area (Å²) in [5, 5.41) is 14.8. The van der Waals surface area contributed by atoms with Gasteiger partial charge in [0, 0.05) is 22.2 Å². The van der Waals surface area contributed by atoms with Crippen LogP contribution < -0.4 is 10.6 Å². The average molecular weight is 398 g/mol. The number of rotatable bonds is 7. The van der Waals surface area contributed by atoms with Gasteiger partial charge in [-0.05, 0) is 49.6 Å². The highest BCUT2D eigenvalue weighted by atomic mass is 79.9. The number of carbonyl (C=O) groups is 2. The van der Waals surface area contributed by atoms with Crippen LogP contribution in [0.1, 0.15) is 32.3 Å². The van der Waals surface area contributed by atoms with Gasteiger partial charge >= 0.3 is 12.0 Å². The van der Waals surface area contributed by atoms with Gasteiger partial charge in [0.05, 0.1) is 6.54 Å². The predicted molar refractivity (Wildman–Crippen MR) is 97.4 cm³/mol. The number of aryl methyl sites for hydroxylation is 1. The molecule has 0 bridgehead atoms. The first-order chi connectivity index (χ1) is 11.4. The van der Waals surface area contributed by atoms with Crippen LogP contribution in [-0.2, 0) is 11.2 Å². The Balaban J connectivity index is 1.82. The molecule has 6 nitrogen and oxygen atoms in total. The van der Waals surface area contributed by atoms with Gasteiger partial charge in [-0.1, -0.05) is 29.8 Å². The Kier molecular flexibility index (Phi) is 6.62. The molecule has 1 aliphatic rings. The third-order valence-electron chi connectivity index (χ3n) is 4.41. The lowest BCUT2D eigenvalue weighted by atomic mass is 9.85. The number of carboxylic acids is 1. The Bertz CT molecular complexity index is 603. The standard InChI is InChI=1S/C17H24BrN3O3/c1-3-11-7-12(18)5-6-15(11)20-17(24)19-13-8-14(9-13)21(4-2)10-16(22)23/h5-7,13-14H,3-4,8-10H2,1-2H3,(H,22,23)(H2,19,20,24). The summed E-state index contributed by atoms with van der Waals surface area (Å²) in [6.45, 7) is 4.76. The van der Waals surface area contributed by atoms with Crippen LogP contribution in [0.4, 0.5) is 10.5 Å². The van der Waals surface area contributed by atoms with Crippen molar-refractivity contribution >= 4 is 33.6 Å². The van der Waals surface area contributed by atoms with Crippen molar-refractivity contribution in [3.05, 3.63) is 28.2 Å². The number of nitrogens with one attached hydrogen (secondary N) is 2. The molecule has 3 N–H and O–H groups in total. The van der Waals surface area contributed by atoms with Crippen LogP contribution in [0.5, 0.6) is 0 Å². The van der Waals surface area contributed by atoms with Crippen LogP contribution in [0.25, 0.3) is 0 Å². The van der Waals surface area contributed by atoms with Crippen molar-refractivity contribution in [1.82, 2.24) is 10.2 Å². The highest BCUT2D eigenvalue weighted by Crippen LogP contribution is 2.26. The molecule has 1 aromatic rings. The fourth-order valence-electron chi connectivity index (χ4n) is 3.00. The molecule has 0 heterocycles. The van der Waals surface area contributed by atoms with Crippen molar-refractivity contribution in [2.24, 2.45) is 0 Å². The van der Waals surface area contributed by atoms with Gasteiger partial charge < -0.3 is 15.7 Å². The third kappa shape index (κ3) is 4.95. The number of hydrogen-bond donors (Lipinski definition) is 3. The molecule has 1 fully saturated rings. The first-order valence-corrected chi connectivity index (χ1v) is 9.04. The molecular weight excluding hydrogens is 374 g/mol. The smallest absolute Gasteiger partial charge is 0.319 e. The second kappa shape index (κ2) is 8.48. The number of benzene rings is 1. The number of halogens is 1. The van der Waals surface area contributed by atoms with E-state index in [0.717, 1.165) is 35.0 Å². The molecule has 0 saturated heterocycles. The molecule has 1 saturated carbocycles. The van der Waals surface area contributed by atoms with Crippen molar-refractivity contribution in [3.63, 3.8) is 0 Å². The first kappa shape index (κ1) is 18.7. The van der Waals surface area contributed by atoms with Crippen LogP contribution in [0.3, 0.4) is 0 Å². The molecule has 7 heteroatoms. The second-order valence-corrected chi connectivity index (χ2v) is 6.95. The van der Waals surface area contributed by atoms with Crippen molar-refractivity contribution in [2.45, 2.75) is 45.2 Å². The molecule has 0 aromatic heterocycles. The van der Waals surface area contributed by atoms with Crippen LogP contribution in [0.15, 0.2) is 22.7 Å². The minimum absolute atomic E-state index is 0.0544. The number of likely N-dealkylation sites (N-methyl/N-ethyl adjacent to an activating group) is 1. The quantitative estimate of drug-likeness (QED) is 0.660. The molecule has 0 radical (unpaired) electrons. The Morgan fingerprint density at radius 2 is 2.04 bits per heavy atom. The lowest BCUT2D eigenvalue weighted by molar-refractivity contribution is -0.139. The Morgan fingerprint density at radius 1 is 1.33 bits per heavy atom. The van der Waals surface area contributed by atoms with Crippen LogP contribution in [0.2, 0.25) is 0 Å². The van der Waals surface area contributed by atoms with E-state index in [9.17, 15) is 9.59 Å². The molecule has 0 spiro atoms. The molecule has 1 aliphatic carbocycles. The molecule has 1 aromatic carbocycles. The van der Waals surface area contributed by atoms with E-state index in [-0.39, 0.29) is 24.7 Å². The van der Waals surface area contributed by atoms with Gasteiger partial charge in [-0.2, -0.15) is 0 Å². The Hall–Kier alpha value is -1.60. The lowest BCUT2D eigenvalue weighted by Gasteiger charge is -2.42. The summed E-state index contributed by atoms with van der Waals surface area (Å²) in [5.74, 6) is -0.812. The summed E-state index contributed by atoms with van der Waals surface area (Å²) in [6, 6.07) is 5.90. The van der Waals surface area contributed by atoms with E-state index in [1.165, 1.54) is 0 Å². The molecule has 0 unspecified atom stereocenters. The highest BCUT2D eigenvalue weighted by molar-refractivity contribution is 9.10. The number of nitrogens with zero attached hydrogens (tertiary/aromatic N) is 1. The van der Waals surface area contributed by atoms with Gasteiger partial charge in [0.1, 0.15) is 0 Å². The normalized spacial score (nSPS) is 19.7. The zero-order chi connectivity index (χ0) is 17.7. The van der Waals surface area contributed by atoms with E-state index < -0.39 is 5.97 Å². The second-order valence-electron chi connectivity index (χ2n) is 6.03. The predicted octanol–water partition coefficient (Wildman–Crippen LogP) is 3.07. The summed E-state index contributed by atoms with van der Waals surface area (Å²) in [4.78, 5) is 24.9. The topological polar surface area (TPSA) is 81.7 Å². The first-order valence-electron chi connectivity index (χ1n) is 8.24. The van der Waals surface area contributed by atoms with Gasteiger partial charge in [-0.3, -0.25) is 9.69 Å². The molecular formula is C17H24BrN3O3. The zero-order valence-electron chi connectivity index (χ0n) is 14.0. The lowest BCUT2D eigenvalue weighted by Crippen LogP contribution is -2.55. The van der Waals surface area contributed by atoms with Crippen molar-refractivity contribution in [2.75, 3.05) is 18.4 Å². The molecule has 24 heavy (non-hydrogen) atoms. The fourth-order valence-corrected chi connectivity index (χ4v) is 3.41. The summed E-state index contributed by atoms with van der Waals surface area (Å²) >= 11 is 3.43. The third-order valence-corrected chi connectivity index (χ3v) is 4.90. The van der Waals surface area contributed by atoms with Gasteiger partial charge in [-0.15, -0.1) is 0 Å². The maximum atomic E-state index is 12.2. The summed E-state index contributed by atoms with van der Waals surface area (Å²) < 4.78 is 0.991. The van der Waals surface area contributed by atoms with Crippen molar-refractivity contribution < 1.29 is 14.7 Å². The SMILES string of the molecule is CCc1cc(Br)ccc1NC(=O)NC1CC(N(CC)CC(=O)O)C1. The molecule has 132 valence electrons. The monoisotopic (exact) mass is 397 g/mol. The van der Waals surface area contributed by atoms with E-state index in [4.69, 9.17) is 5.11 Å². The molecule has 2 rings (SSSR count). The maximum Gasteiger partial charge on any atom is 0.319 e. The summed E-state index contributed by atoms with van der Waals surface area (Å²) in [7, 11) is 0. The Labute approximate surface area is 150 Å². The number of carbonyl (C=O) groups excluding carboxylic acids is 1. The summed E-state index contributed by atoms with van der Waals surface area (Å²) in [5.41, 5.74) is 1.89. The number of carboxylic acid groups (broad SMARTS) is 1. The number of hydrogen-bond acceptors (Lipinski definition) is 3. The minimum atomic E-state index is -0.812. The fraction of sp³-hybridized carbons (Fsp3) is 0.529. The number of urea groups is 1. The molecule has 0 aliphatic heterocycles. The molecule has 2 amide bonds. The maximum absolute atomic E-state index is 12.2. The van der Waals surface area contributed by atoms with E-state index in [0.29, 0.717) is 6.54 Å². The van der Waals surface area contributed by atoms with Crippen LogP contribution in [0, 0.1) is 0 Å². The average Bonchev–Trinajstić information content (AvgIpc) is 2.50. The number of anilines is 1. The zero-order valence-corrected chi connectivity index (χ0v) is 15.6. The Morgan fingerprint density at radius 3 is 2.62 bits per heavy atom. The number of aliphatic carboxylic acids is 1. The summed E-state index contributed by atoms with van der Waals surface area (Å²) in [6.07, 6.45) is 2.41. The van der Waals surface area contributed by atoms with Crippen molar-refractivity contribution in [1.29, 1.82) is 0 Å². The van der Waals surface area contributed by atoms with Gasteiger partial charge in [-0.25, -0.2) is 4.79 Å². The minimum Gasteiger partial charge on any atom is -0.480 e. The molecule has 0 atom stereocenters. The van der Waals surface area contributed by atoms with E-state index in [2.05, 4.69) is 26.6 Å².